The number of carbonyl (C=O) groups excluding carboxylic acids is 1. The van der Waals surface area contributed by atoms with Crippen LogP contribution in [0.4, 0.5) is 0 Å². The molecule has 2 rings (SSSR count). The van der Waals surface area contributed by atoms with Crippen LogP contribution in [0.1, 0.15) is 24.1 Å². The molecule has 0 unspecified atom stereocenters. The van der Waals surface area contributed by atoms with Gasteiger partial charge in [-0.15, -0.1) is 0 Å². The SMILES string of the molecule is Cc1cc(OCC(=O)N[C@@H](C)c2ccc(S(C)(=O)=O)cc2)ccc1Cl. The van der Waals surface area contributed by atoms with Crippen LogP contribution in [0.5, 0.6) is 5.75 Å². The molecule has 2 aromatic carbocycles. The van der Waals surface area contributed by atoms with Crippen LogP contribution < -0.4 is 10.1 Å². The molecule has 1 amide bonds. The van der Waals surface area contributed by atoms with E-state index >= 15 is 0 Å². The molecule has 7 heteroatoms. The number of nitrogens with one attached hydrogen (secondary N) is 1. The van der Waals surface area contributed by atoms with Crippen LogP contribution in [0.2, 0.25) is 5.02 Å². The predicted octanol–water partition coefficient (Wildman–Crippen LogP) is 3.31. The third-order valence-corrected chi connectivity index (χ3v) is 5.24. The van der Waals surface area contributed by atoms with Crippen LogP contribution in [0, 0.1) is 6.92 Å². The Balaban J connectivity index is 1.92. The molecular formula is C18H20ClNO4S. The van der Waals surface area contributed by atoms with Crippen LogP contribution in [-0.4, -0.2) is 27.2 Å². The molecule has 2 aromatic rings. The minimum absolute atomic E-state index is 0.118. The number of aryl methyl sites for hydroxylation is 1. The van der Waals surface area contributed by atoms with Gasteiger partial charge in [0.15, 0.2) is 16.4 Å². The maximum Gasteiger partial charge on any atom is 0.258 e. The van der Waals surface area contributed by atoms with E-state index in [0.717, 1.165) is 17.4 Å². The average molecular weight is 382 g/mol. The van der Waals surface area contributed by atoms with Crippen molar-refractivity contribution in [3.8, 4) is 5.75 Å². The molecule has 1 N–H and O–H groups in total. The first-order valence-electron chi connectivity index (χ1n) is 7.65. The van der Waals surface area contributed by atoms with E-state index in [-0.39, 0.29) is 23.5 Å². The van der Waals surface area contributed by atoms with Gasteiger partial charge in [0.1, 0.15) is 5.75 Å². The van der Waals surface area contributed by atoms with Crippen molar-refractivity contribution in [3.05, 3.63) is 58.6 Å². The summed E-state index contributed by atoms with van der Waals surface area (Å²) in [4.78, 5) is 12.3. The number of rotatable bonds is 6. The maximum absolute atomic E-state index is 12.0. The predicted molar refractivity (Wildman–Crippen MR) is 97.8 cm³/mol. The first kappa shape index (κ1) is 19.3. The standard InChI is InChI=1S/C18H20ClNO4S/c1-12-10-15(6-9-17(12)19)24-11-18(21)20-13(2)14-4-7-16(8-5-14)25(3,22)23/h4-10,13H,11H2,1-3H3,(H,20,21)/t13-/m0/s1. The van der Waals surface area contributed by atoms with Crippen molar-refractivity contribution in [2.45, 2.75) is 24.8 Å². The molecule has 134 valence electrons. The molecule has 0 aliphatic heterocycles. The fourth-order valence-corrected chi connectivity index (χ4v) is 2.97. The Labute approximate surface area is 152 Å². The molecule has 0 aliphatic carbocycles. The number of hydrogen-bond donors (Lipinski definition) is 1. The van der Waals surface area contributed by atoms with Crippen molar-refractivity contribution in [3.63, 3.8) is 0 Å². The summed E-state index contributed by atoms with van der Waals surface area (Å²) in [5.74, 6) is 0.300. The van der Waals surface area contributed by atoms with Crippen molar-refractivity contribution in [1.29, 1.82) is 0 Å². The maximum atomic E-state index is 12.0. The zero-order valence-electron chi connectivity index (χ0n) is 14.2. The van der Waals surface area contributed by atoms with Crippen molar-refractivity contribution < 1.29 is 17.9 Å². The zero-order valence-corrected chi connectivity index (χ0v) is 15.8. The normalized spacial score (nSPS) is 12.5. The van der Waals surface area contributed by atoms with E-state index in [1.807, 2.05) is 13.8 Å². The molecular weight excluding hydrogens is 362 g/mol. The first-order valence-corrected chi connectivity index (χ1v) is 9.92. The Morgan fingerprint density at radius 3 is 2.40 bits per heavy atom. The van der Waals surface area contributed by atoms with Gasteiger partial charge >= 0.3 is 0 Å². The minimum Gasteiger partial charge on any atom is -0.484 e. The summed E-state index contributed by atoms with van der Waals surface area (Å²) < 4.78 is 28.4. The van der Waals surface area contributed by atoms with E-state index in [1.165, 1.54) is 12.1 Å². The molecule has 0 aromatic heterocycles. The number of amides is 1. The van der Waals surface area contributed by atoms with Gasteiger partial charge in [-0.1, -0.05) is 23.7 Å². The lowest BCUT2D eigenvalue weighted by Gasteiger charge is -2.15. The van der Waals surface area contributed by atoms with Crippen LogP contribution in [-0.2, 0) is 14.6 Å². The molecule has 1 atom stereocenters. The molecule has 0 saturated heterocycles. The Hall–Kier alpha value is -2.05. The van der Waals surface area contributed by atoms with Crippen LogP contribution >= 0.6 is 11.6 Å². The molecule has 5 nitrogen and oxygen atoms in total. The summed E-state index contributed by atoms with van der Waals surface area (Å²) >= 11 is 5.95. The van der Waals surface area contributed by atoms with Gasteiger partial charge in [0.2, 0.25) is 0 Å². The number of sulfone groups is 1. The van der Waals surface area contributed by atoms with E-state index in [9.17, 15) is 13.2 Å². The van der Waals surface area contributed by atoms with E-state index in [0.29, 0.717) is 10.8 Å². The highest BCUT2D eigenvalue weighted by Gasteiger charge is 2.12. The summed E-state index contributed by atoms with van der Waals surface area (Å²) in [7, 11) is -3.23. The van der Waals surface area contributed by atoms with E-state index in [2.05, 4.69) is 5.32 Å². The number of ether oxygens (including phenoxy) is 1. The van der Waals surface area contributed by atoms with Gasteiger partial charge < -0.3 is 10.1 Å². The first-order chi connectivity index (χ1) is 11.7. The van der Waals surface area contributed by atoms with Gasteiger partial charge in [-0.3, -0.25) is 4.79 Å². The second-order valence-electron chi connectivity index (χ2n) is 5.83. The number of carbonyl (C=O) groups is 1. The summed E-state index contributed by atoms with van der Waals surface area (Å²) in [5, 5.41) is 3.45. The lowest BCUT2D eigenvalue weighted by molar-refractivity contribution is -0.123. The van der Waals surface area contributed by atoms with E-state index in [4.69, 9.17) is 16.3 Å². The van der Waals surface area contributed by atoms with E-state index in [1.54, 1.807) is 30.3 Å². The average Bonchev–Trinajstić information content (AvgIpc) is 2.55. The van der Waals surface area contributed by atoms with Crippen molar-refractivity contribution in [1.82, 2.24) is 5.32 Å². The second kappa shape index (κ2) is 7.89. The summed E-state index contributed by atoms with van der Waals surface area (Å²) in [6.45, 7) is 3.56. The molecule has 0 radical (unpaired) electrons. The highest BCUT2D eigenvalue weighted by molar-refractivity contribution is 7.90. The highest BCUT2D eigenvalue weighted by atomic mass is 35.5. The lowest BCUT2D eigenvalue weighted by atomic mass is 10.1. The molecule has 0 spiro atoms. The molecule has 0 heterocycles. The van der Waals surface area contributed by atoms with Gasteiger partial charge in [0.05, 0.1) is 10.9 Å². The fraction of sp³-hybridized carbons (Fsp3) is 0.278. The Morgan fingerprint density at radius 2 is 1.84 bits per heavy atom. The van der Waals surface area contributed by atoms with Gasteiger partial charge in [-0.05, 0) is 55.3 Å². The zero-order chi connectivity index (χ0) is 18.6. The Bertz CT molecular complexity index is 863. The van der Waals surface area contributed by atoms with Gasteiger partial charge in [0.25, 0.3) is 5.91 Å². The Morgan fingerprint density at radius 1 is 1.20 bits per heavy atom. The quantitative estimate of drug-likeness (QED) is 0.833. The largest absolute Gasteiger partial charge is 0.484 e. The third kappa shape index (κ3) is 5.47. The molecule has 25 heavy (non-hydrogen) atoms. The van der Waals surface area contributed by atoms with Crippen molar-refractivity contribution in [2.75, 3.05) is 12.9 Å². The van der Waals surface area contributed by atoms with Gasteiger partial charge in [-0.2, -0.15) is 0 Å². The monoisotopic (exact) mass is 381 g/mol. The number of halogens is 1. The molecule has 0 saturated carbocycles. The topological polar surface area (TPSA) is 72.5 Å². The summed E-state index contributed by atoms with van der Waals surface area (Å²) in [6, 6.07) is 11.3. The van der Waals surface area contributed by atoms with Crippen LogP contribution in [0.15, 0.2) is 47.4 Å². The smallest absolute Gasteiger partial charge is 0.258 e. The van der Waals surface area contributed by atoms with Gasteiger partial charge in [0, 0.05) is 11.3 Å². The van der Waals surface area contributed by atoms with Crippen molar-refractivity contribution in [2.24, 2.45) is 0 Å². The van der Waals surface area contributed by atoms with E-state index < -0.39 is 9.84 Å². The summed E-state index contributed by atoms with van der Waals surface area (Å²) in [6.07, 6.45) is 1.16. The molecule has 0 aliphatic rings. The highest BCUT2D eigenvalue weighted by Crippen LogP contribution is 2.21. The molecule has 0 fully saturated rings. The number of benzene rings is 2. The second-order valence-corrected chi connectivity index (χ2v) is 8.25. The van der Waals surface area contributed by atoms with Crippen molar-refractivity contribution >= 4 is 27.3 Å². The molecule has 0 bridgehead atoms. The lowest BCUT2D eigenvalue weighted by Crippen LogP contribution is -2.31. The van der Waals surface area contributed by atoms with Crippen LogP contribution in [0.3, 0.4) is 0 Å². The Kier molecular flexibility index (Phi) is 6.08. The van der Waals surface area contributed by atoms with Gasteiger partial charge in [-0.25, -0.2) is 8.42 Å². The van der Waals surface area contributed by atoms with Crippen LogP contribution in [0.25, 0.3) is 0 Å². The minimum atomic E-state index is -3.23. The number of hydrogen-bond acceptors (Lipinski definition) is 4. The fourth-order valence-electron chi connectivity index (χ4n) is 2.23. The summed E-state index contributed by atoms with van der Waals surface area (Å²) in [5.41, 5.74) is 1.68. The third-order valence-electron chi connectivity index (χ3n) is 3.69.